The zero-order chi connectivity index (χ0) is 19.1. The fourth-order valence-corrected chi connectivity index (χ4v) is 3.28. The topological polar surface area (TPSA) is 41.1 Å². The summed E-state index contributed by atoms with van der Waals surface area (Å²) in [4.78, 5) is 10.2. The Bertz CT molecular complexity index is 792. The molecule has 0 fully saturated rings. The van der Waals surface area contributed by atoms with Crippen LogP contribution in [0.3, 0.4) is 0 Å². The van der Waals surface area contributed by atoms with E-state index in [2.05, 4.69) is 47.8 Å². The van der Waals surface area contributed by atoms with Crippen molar-refractivity contribution < 1.29 is 4.74 Å². The predicted molar refractivity (Wildman–Crippen MR) is 112 cm³/mol. The van der Waals surface area contributed by atoms with Gasteiger partial charge in [-0.2, -0.15) is 4.98 Å². The number of para-hydroxylation sites is 2. The van der Waals surface area contributed by atoms with Gasteiger partial charge >= 0.3 is 0 Å². The maximum atomic E-state index is 5.87. The van der Waals surface area contributed by atoms with Crippen molar-refractivity contribution in [3.63, 3.8) is 0 Å². The lowest BCUT2D eigenvalue weighted by Gasteiger charge is -2.24. The van der Waals surface area contributed by atoms with Crippen LogP contribution in [0.1, 0.15) is 39.2 Å². The average molecular weight is 366 g/mol. The Hall–Kier alpha value is -2.33. The number of nitrogens with one attached hydrogen (secondary N) is 1. The van der Waals surface area contributed by atoms with Crippen molar-refractivity contribution in [1.29, 1.82) is 0 Å². The van der Waals surface area contributed by atoms with Crippen molar-refractivity contribution in [2.75, 3.05) is 19.6 Å². The Kier molecular flexibility index (Phi) is 6.88. The van der Waals surface area contributed by atoms with Crippen molar-refractivity contribution >= 4 is 11.0 Å². The van der Waals surface area contributed by atoms with Gasteiger partial charge in [0.1, 0.15) is 5.75 Å². The minimum atomic E-state index is 0.534. The molecule has 3 rings (SSSR count). The summed E-state index contributed by atoms with van der Waals surface area (Å²) in [5.41, 5.74) is 3.25. The highest BCUT2D eigenvalue weighted by Gasteiger charge is 2.09. The molecule has 0 aliphatic heterocycles. The third kappa shape index (κ3) is 5.57. The van der Waals surface area contributed by atoms with Gasteiger partial charge in [0.05, 0.1) is 11.0 Å². The summed E-state index contributed by atoms with van der Waals surface area (Å²) in [6, 6.07) is 16.8. The van der Waals surface area contributed by atoms with Crippen LogP contribution < -0.4 is 4.74 Å². The SMILES string of the molecule is CCCN(CCc1ccc(Oc2nc3ccccc3[nH]2)cc1)CC(C)CC. The molecule has 0 amide bonds. The lowest BCUT2D eigenvalue weighted by molar-refractivity contribution is 0.237. The molecule has 2 aromatic carbocycles. The normalized spacial score (nSPS) is 12.6. The van der Waals surface area contributed by atoms with Gasteiger partial charge in [-0.25, -0.2) is 0 Å². The summed E-state index contributed by atoms with van der Waals surface area (Å²) in [5.74, 6) is 1.57. The van der Waals surface area contributed by atoms with E-state index in [4.69, 9.17) is 4.74 Å². The molecule has 0 bridgehead atoms. The summed E-state index contributed by atoms with van der Waals surface area (Å²) >= 11 is 0. The lowest BCUT2D eigenvalue weighted by atomic mass is 10.1. The summed E-state index contributed by atoms with van der Waals surface area (Å²) in [6.07, 6.45) is 3.52. The monoisotopic (exact) mass is 365 g/mol. The number of rotatable bonds is 10. The number of hydrogen-bond acceptors (Lipinski definition) is 3. The molecule has 27 heavy (non-hydrogen) atoms. The van der Waals surface area contributed by atoms with E-state index in [9.17, 15) is 0 Å². The van der Waals surface area contributed by atoms with Crippen LogP contribution in [0.2, 0.25) is 0 Å². The second-order valence-electron chi connectivity index (χ2n) is 7.37. The van der Waals surface area contributed by atoms with Crippen LogP contribution in [0.25, 0.3) is 11.0 Å². The van der Waals surface area contributed by atoms with E-state index in [0.717, 1.165) is 35.7 Å². The molecule has 4 heteroatoms. The molecule has 144 valence electrons. The third-order valence-electron chi connectivity index (χ3n) is 5.03. The van der Waals surface area contributed by atoms with E-state index >= 15 is 0 Å². The molecular weight excluding hydrogens is 334 g/mol. The molecule has 0 aliphatic rings. The smallest absolute Gasteiger partial charge is 0.300 e. The number of benzene rings is 2. The Balaban J connectivity index is 1.56. The highest BCUT2D eigenvalue weighted by Crippen LogP contribution is 2.22. The molecule has 0 saturated heterocycles. The number of nitrogens with zero attached hydrogens (tertiary/aromatic N) is 2. The molecular formula is C23H31N3O. The minimum absolute atomic E-state index is 0.534. The number of hydrogen-bond donors (Lipinski definition) is 1. The second kappa shape index (κ2) is 9.56. The van der Waals surface area contributed by atoms with E-state index < -0.39 is 0 Å². The van der Waals surface area contributed by atoms with Crippen molar-refractivity contribution in [3.05, 3.63) is 54.1 Å². The van der Waals surface area contributed by atoms with Gasteiger partial charge in [-0.05, 0) is 55.1 Å². The summed E-state index contributed by atoms with van der Waals surface area (Å²) in [7, 11) is 0. The Morgan fingerprint density at radius 2 is 1.81 bits per heavy atom. The van der Waals surface area contributed by atoms with Crippen LogP contribution in [0.15, 0.2) is 48.5 Å². The first-order chi connectivity index (χ1) is 13.2. The molecule has 1 aromatic heterocycles. The van der Waals surface area contributed by atoms with Gasteiger partial charge in [-0.15, -0.1) is 0 Å². The molecule has 1 atom stereocenters. The van der Waals surface area contributed by atoms with Gasteiger partial charge in [-0.1, -0.05) is 51.5 Å². The zero-order valence-electron chi connectivity index (χ0n) is 16.7. The standard InChI is InChI=1S/C23H31N3O/c1-4-15-26(17-18(3)5-2)16-14-19-10-12-20(13-11-19)27-23-24-21-8-6-7-9-22(21)25-23/h6-13,18H,4-5,14-17H2,1-3H3,(H,24,25). The second-order valence-corrected chi connectivity index (χ2v) is 7.37. The number of aromatic amines is 1. The van der Waals surface area contributed by atoms with Crippen molar-refractivity contribution in [1.82, 2.24) is 14.9 Å². The lowest BCUT2D eigenvalue weighted by Crippen LogP contribution is -2.31. The largest absolute Gasteiger partial charge is 0.426 e. The fraction of sp³-hybridized carbons (Fsp3) is 0.435. The number of fused-ring (bicyclic) bond motifs is 1. The highest BCUT2D eigenvalue weighted by atomic mass is 16.5. The summed E-state index contributed by atoms with van der Waals surface area (Å²) in [5, 5.41) is 0. The van der Waals surface area contributed by atoms with E-state index in [1.54, 1.807) is 0 Å². The average Bonchev–Trinajstić information content (AvgIpc) is 3.09. The van der Waals surface area contributed by atoms with Crippen molar-refractivity contribution in [2.24, 2.45) is 5.92 Å². The van der Waals surface area contributed by atoms with Gasteiger partial charge in [-0.3, -0.25) is 0 Å². The van der Waals surface area contributed by atoms with E-state index in [0.29, 0.717) is 6.01 Å². The maximum absolute atomic E-state index is 5.87. The van der Waals surface area contributed by atoms with Crippen molar-refractivity contribution in [2.45, 2.75) is 40.0 Å². The summed E-state index contributed by atoms with van der Waals surface area (Å²) < 4.78 is 5.87. The Morgan fingerprint density at radius 3 is 2.52 bits per heavy atom. The van der Waals surface area contributed by atoms with Crippen LogP contribution in [-0.4, -0.2) is 34.5 Å². The fourth-order valence-electron chi connectivity index (χ4n) is 3.28. The van der Waals surface area contributed by atoms with Gasteiger partial charge in [0.25, 0.3) is 6.01 Å². The highest BCUT2D eigenvalue weighted by molar-refractivity contribution is 5.75. The van der Waals surface area contributed by atoms with Gasteiger partial charge in [0, 0.05) is 13.1 Å². The number of aromatic nitrogens is 2. The van der Waals surface area contributed by atoms with Gasteiger partial charge < -0.3 is 14.6 Å². The first kappa shape index (κ1) is 19.4. The van der Waals surface area contributed by atoms with Crippen LogP contribution in [-0.2, 0) is 6.42 Å². The summed E-state index contributed by atoms with van der Waals surface area (Å²) in [6.45, 7) is 10.4. The molecule has 3 aromatic rings. The molecule has 0 aliphatic carbocycles. The number of H-pyrrole nitrogens is 1. The zero-order valence-corrected chi connectivity index (χ0v) is 16.7. The van der Waals surface area contributed by atoms with Crippen LogP contribution in [0.5, 0.6) is 11.8 Å². The number of imidazole rings is 1. The molecule has 1 N–H and O–H groups in total. The van der Waals surface area contributed by atoms with Crippen LogP contribution >= 0.6 is 0 Å². The first-order valence-corrected chi connectivity index (χ1v) is 10.1. The van der Waals surface area contributed by atoms with E-state index in [1.165, 1.54) is 31.5 Å². The van der Waals surface area contributed by atoms with Crippen molar-refractivity contribution in [3.8, 4) is 11.8 Å². The van der Waals surface area contributed by atoms with E-state index in [1.807, 2.05) is 36.4 Å². The molecule has 0 saturated carbocycles. The maximum Gasteiger partial charge on any atom is 0.300 e. The predicted octanol–water partition coefficient (Wildman–Crippen LogP) is 5.66. The van der Waals surface area contributed by atoms with Crippen LogP contribution in [0.4, 0.5) is 0 Å². The van der Waals surface area contributed by atoms with Gasteiger partial charge in [0.15, 0.2) is 0 Å². The van der Waals surface area contributed by atoms with Gasteiger partial charge in [0.2, 0.25) is 0 Å². The molecule has 0 spiro atoms. The van der Waals surface area contributed by atoms with E-state index in [-0.39, 0.29) is 0 Å². The molecule has 0 radical (unpaired) electrons. The Morgan fingerprint density at radius 1 is 1.04 bits per heavy atom. The van der Waals surface area contributed by atoms with Crippen LogP contribution in [0, 0.1) is 5.92 Å². The Labute approximate surface area is 162 Å². The first-order valence-electron chi connectivity index (χ1n) is 10.1. The molecule has 1 unspecified atom stereocenters. The molecule has 4 nitrogen and oxygen atoms in total. The minimum Gasteiger partial charge on any atom is -0.426 e. The molecule has 1 heterocycles. The number of ether oxygens (including phenoxy) is 1. The quantitative estimate of drug-likeness (QED) is 0.504. The third-order valence-corrected chi connectivity index (χ3v) is 5.03.